The van der Waals surface area contributed by atoms with Gasteiger partial charge in [0.25, 0.3) is 0 Å². The number of thioether (sulfide) groups is 1. The Morgan fingerprint density at radius 1 is 1.33 bits per heavy atom. The molecule has 1 aromatic carbocycles. The molecular formula is C14H20N2O4S. The fraction of sp³-hybridized carbons (Fsp3) is 0.429. The molecule has 1 aromatic rings. The van der Waals surface area contributed by atoms with Gasteiger partial charge in [-0.3, -0.25) is 4.79 Å². The molecule has 6 nitrogen and oxygen atoms in total. The SMILES string of the molecule is CSCC(NC(=O)OCc1ccccc1)C(=O)NCCO. The molecule has 0 aliphatic heterocycles. The highest BCUT2D eigenvalue weighted by Crippen LogP contribution is 2.02. The molecule has 0 saturated heterocycles. The van der Waals surface area contributed by atoms with Crippen LogP contribution >= 0.6 is 11.8 Å². The van der Waals surface area contributed by atoms with Gasteiger partial charge in [0.1, 0.15) is 12.6 Å². The Morgan fingerprint density at radius 2 is 2.05 bits per heavy atom. The van der Waals surface area contributed by atoms with Gasteiger partial charge in [-0.25, -0.2) is 4.79 Å². The van der Waals surface area contributed by atoms with Crippen LogP contribution in [0.5, 0.6) is 0 Å². The van der Waals surface area contributed by atoms with E-state index in [0.717, 1.165) is 5.56 Å². The third kappa shape index (κ3) is 7.01. The van der Waals surface area contributed by atoms with Gasteiger partial charge in [-0.1, -0.05) is 30.3 Å². The molecule has 1 atom stereocenters. The summed E-state index contributed by atoms with van der Waals surface area (Å²) in [5.74, 6) is 0.0904. The van der Waals surface area contributed by atoms with Crippen molar-refractivity contribution in [2.45, 2.75) is 12.6 Å². The van der Waals surface area contributed by atoms with Crippen molar-refractivity contribution in [1.29, 1.82) is 0 Å². The number of carbonyl (C=O) groups excluding carboxylic acids is 2. The van der Waals surface area contributed by atoms with E-state index in [1.165, 1.54) is 11.8 Å². The molecular weight excluding hydrogens is 292 g/mol. The molecule has 21 heavy (non-hydrogen) atoms. The third-order valence-electron chi connectivity index (χ3n) is 2.57. The minimum atomic E-state index is -0.685. The van der Waals surface area contributed by atoms with Gasteiger partial charge < -0.3 is 20.5 Å². The average Bonchev–Trinajstić information content (AvgIpc) is 2.51. The smallest absolute Gasteiger partial charge is 0.408 e. The number of hydrogen-bond acceptors (Lipinski definition) is 5. The maximum atomic E-state index is 11.8. The van der Waals surface area contributed by atoms with Gasteiger partial charge in [0.05, 0.1) is 6.61 Å². The number of nitrogens with one attached hydrogen (secondary N) is 2. The first-order valence-corrected chi connectivity index (χ1v) is 7.91. The summed E-state index contributed by atoms with van der Waals surface area (Å²) in [5.41, 5.74) is 0.874. The average molecular weight is 312 g/mol. The molecule has 0 heterocycles. The molecule has 1 rings (SSSR count). The summed E-state index contributed by atoms with van der Waals surface area (Å²) in [6.45, 7) is 0.164. The summed E-state index contributed by atoms with van der Waals surface area (Å²) >= 11 is 1.43. The van der Waals surface area contributed by atoms with Crippen molar-refractivity contribution in [3.8, 4) is 0 Å². The molecule has 0 spiro atoms. The predicted molar refractivity (Wildman–Crippen MR) is 82.0 cm³/mol. The van der Waals surface area contributed by atoms with Crippen LogP contribution in [0.3, 0.4) is 0 Å². The van der Waals surface area contributed by atoms with Crippen LogP contribution in [0.15, 0.2) is 30.3 Å². The van der Waals surface area contributed by atoms with Crippen molar-refractivity contribution in [3.63, 3.8) is 0 Å². The van der Waals surface area contributed by atoms with Gasteiger partial charge in [0.2, 0.25) is 5.91 Å². The number of alkyl carbamates (subject to hydrolysis) is 1. The molecule has 0 radical (unpaired) electrons. The zero-order valence-corrected chi connectivity index (χ0v) is 12.7. The monoisotopic (exact) mass is 312 g/mol. The van der Waals surface area contributed by atoms with E-state index in [1.54, 1.807) is 0 Å². The highest BCUT2D eigenvalue weighted by atomic mass is 32.2. The fourth-order valence-corrected chi connectivity index (χ4v) is 2.13. The van der Waals surface area contributed by atoms with E-state index in [0.29, 0.717) is 5.75 Å². The van der Waals surface area contributed by atoms with Crippen LogP contribution in [0.4, 0.5) is 4.79 Å². The van der Waals surface area contributed by atoms with Crippen LogP contribution in [0.1, 0.15) is 5.56 Å². The van der Waals surface area contributed by atoms with Crippen LogP contribution < -0.4 is 10.6 Å². The van der Waals surface area contributed by atoms with Crippen LogP contribution in [0, 0.1) is 0 Å². The van der Waals surface area contributed by atoms with Crippen molar-refractivity contribution in [3.05, 3.63) is 35.9 Å². The number of aliphatic hydroxyl groups excluding tert-OH is 1. The second kappa shape index (κ2) is 10.1. The van der Waals surface area contributed by atoms with Crippen molar-refractivity contribution < 1.29 is 19.4 Å². The standard InChI is InChI=1S/C14H20N2O4S/c1-21-10-12(13(18)15-7-8-17)16-14(19)20-9-11-5-3-2-4-6-11/h2-6,12,17H,7-10H2,1H3,(H,15,18)(H,16,19). The zero-order chi connectivity index (χ0) is 15.5. The van der Waals surface area contributed by atoms with E-state index in [9.17, 15) is 9.59 Å². The van der Waals surface area contributed by atoms with Gasteiger partial charge in [-0.2, -0.15) is 11.8 Å². The second-order valence-electron chi connectivity index (χ2n) is 4.23. The lowest BCUT2D eigenvalue weighted by molar-refractivity contribution is -0.122. The first-order chi connectivity index (χ1) is 10.2. The normalized spacial score (nSPS) is 11.5. The highest BCUT2D eigenvalue weighted by Gasteiger charge is 2.20. The van der Waals surface area contributed by atoms with Gasteiger partial charge in [0.15, 0.2) is 0 Å². The molecule has 0 bridgehead atoms. The first kappa shape index (κ1) is 17.3. The molecule has 7 heteroatoms. The van der Waals surface area contributed by atoms with Crippen molar-refractivity contribution in [2.75, 3.05) is 25.2 Å². The lowest BCUT2D eigenvalue weighted by Gasteiger charge is -2.17. The lowest BCUT2D eigenvalue weighted by Crippen LogP contribution is -2.48. The Labute approximate surface area is 128 Å². The van der Waals surface area contributed by atoms with E-state index >= 15 is 0 Å². The number of rotatable bonds is 8. The van der Waals surface area contributed by atoms with Crippen LogP contribution in [-0.2, 0) is 16.1 Å². The number of amides is 2. The fourth-order valence-electron chi connectivity index (χ4n) is 1.56. The Balaban J connectivity index is 2.42. The summed E-state index contributed by atoms with van der Waals surface area (Å²) in [6, 6.07) is 8.60. The van der Waals surface area contributed by atoms with Crippen molar-refractivity contribution in [1.82, 2.24) is 10.6 Å². The minimum Gasteiger partial charge on any atom is -0.445 e. The van der Waals surface area contributed by atoms with Gasteiger partial charge >= 0.3 is 6.09 Å². The lowest BCUT2D eigenvalue weighted by atomic mass is 10.2. The van der Waals surface area contributed by atoms with E-state index in [1.807, 2.05) is 36.6 Å². The largest absolute Gasteiger partial charge is 0.445 e. The second-order valence-corrected chi connectivity index (χ2v) is 5.14. The predicted octanol–water partition coefficient (Wildman–Crippen LogP) is 0.753. The number of hydrogen-bond donors (Lipinski definition) is 3. The van der Waals surface area contributed by atoms with E-state index in [-0.39, 0.29) is 25.7 Å². The summed E-state index contributed by atoms with van der Waals surface area (Å²) < 4.78 is 5.07. The summed E-state index contributed by atoms with van der Waals surface area (Å²) in [5, 5.41) is 13.7. The van der Waals surface area contributed by atoms with Crippen LogP contribution in [-0.4, -0.2) is 48.3 Å². The van der Waals surface area contributed by atoms with E-state index in [4.69, 9.17) is 9.84 Å². The molecule has 2 amide bonds. The third-order valence-corrected chi connectivity index (χ3v) is 3.23. The first-order valence-electron chi connectivity index (χ1n) is 6.52. The van der Waals surface area contributed by atoms with Gasteiger partial charge in [0, 0.05) is 12.3 Å². The molecule has 0 aliphatic rings. The summed E-state index contributed by atoms with van der Waals surface area (Å²) in [4.78, 5) is 23.5. The van der Waals surface area contributed by atoms with Crippen molar-refractivity contribution >= 4 is 23.8 Å². The Kier molecular flexibility index (Phi) is 8.30. The molecule has 0 aromatic heterocycles. The van der Waals surface area contributed by atoms with E-state index < -0.39 is 12.1 Å². The minimum absolute atomic E-state index is 0.143. The van der Waals surface area contributed by atoms with Crippen LogP contribution in [0.2, 0.25) is 0 Å². The Morgan fingerprint density at radius 3 is 2.67 bits per heavy atom. The number of ether oxygens (including phenoxy) is 1. The molecule has 0 aliphatic carbocycles. The van der Waals surface area contributed by atoms with E-state index in [2.05, 4.69) is 10.6 Å². The maximum absolute atomic E-state index is 11.8. The molecule has 3 N–H and O–H groups in total. The molecule has 1 unspecified atom stereocenters. The quantitative estimate of drug-likeness (QED) is 0.659. The van der Waals surface area contributed by atoms with Gasteiger partial charge in [-0.05, 0) is 11.8 Å². The topological polar surface area (TPSA) is 87.7 Å². The zero-order valence-electron chi connectivity index (χ0n) is 11.9. The van der Waals surface area contributed by atoms with Crippen LogP contribution in [0.25, 0.3) is 0 Å². The van der Waals surface area contributed by atoms with Gasteiger partial charge in [-0.15, -0.1) is 0 Å². The highest BCUT2D eigenvalue weighted by molar-refractivity contribution is 7.98. The molecule has 0 saturated carbocycles. The number of aliphatic hydroxyl groups is 1. The van der Waals surface area contributed by atoms with Crippen molar-refractivity contribution in [2.24, 2.45) is 0 Å². The maximum Gasteiger partial charge on any atom is 0.408 e. The molecule has 0 fully saturated rings. The number of carbonyl (C=O) groups is 2. The Hall–Kier alpha value is -1.73. The summed E-state index contributed by atoms with van der Waals surface area (Å²) in [7, 11) is 0. The molecule has 116 valence electrons. The summed E-state index contributed by atoms with van der Waals surface area (Å²) in [6.07, 6.45) is 1.19. The Bertz CT molecular complexity index is 442. The number of benzene rings is 1.